The predicted octanol–water partition coefficient (Wildman–Crippen LogP) is 4.90. The molecule has 1 spiro atoms. The fraction of sp³-hybridized carbons (Fsp3) is 0.484. The molecule has 44 heavy (non-hydrogen) atoms. The van der Waals surface area contributed by atoms with Crippen LogP contribution in [0.15, 0.2) is 42.7 Å². The Morgan fingerprint density at radius 1 is 1.20 bits per heavy atom. The number of hydrogen-bond acceptors (Lipinski definition) is 8. The highest BCUT2D eigenvalue weighted by Gasteiger charge is 2.45. The van der Waals surface area contributed by atoms with Gasteiger partial charge in [0.1, 0.15) is 17.2 Å². The summed E-state index contributed by atoms with van der Waals surface area (Å²) in [7, 11) is 0. The van der Waals surface area contributed by atoms with Crippen LogP contribution in [0.4, 0.5) is 23.4 Å². The molecule has 236 valence electrons. The number of alkyl halides is 3. The van der Waals surface area contributed by atoms with Gasteiger partial charge in [-0.1, -0.05) is 6.07 Å². The molecular formula is C31H36F4N6O3. The number of carboxylic acid groups (broad SMARTS) is 1. The maximum Gasteiger partial charge on any atom is 0.420 e. The summed E-state index contributed by atoms with van der Waals surface area (Å²) >= 11 is 0. The van der Waals surface area contributed by atoms with Gasteiger partial charge in [-0.2, -0.15) is 13.2 Å². The van der Waals surface area contributed by atoms with Crippen molar-refractivity contribution in [2.45, 2.75) is 56.8 Å². The molecule has 3 aromatic rings. The lowest BCUT2D eigenvalue weighted by Gasteiger charge is -2.49. The van der Waals surface area contributed by atoms with Gasteiger partial charge in [0.25, 0.3) is 6.47 Å². The second-order valence-electron chi connectivity index (χ2n) is 11.3. The zero-order valence-corrected chi connectivity index (χ0v) is 24.5. The van der Waals surface area contributed by atoms with E-state index in [1.54, 1.807) is 11.1 Å². The number of carbonyl (C=O) groups is 1. The van der Waals surface area contributed by atoms with Crippen LogP contribution in [0.25, 0.3) is 11.3 Å². The third-order valence-electron chi connectivity index (χ3n) is 8.57. The number of ether oxygens (including phenoxy) is 1. The topological polar surface area (TPSA) is 104 Å². The molecule has 6 rings (SSSR count). The second-order valence-corrected chi connectivity index (χ2v) is 11.3. The van der Waals surface area contributed by atoms with Crippen LogP contribution in [0.5, 0.6) is 5.88 Å². The van der Waals surface area contributed by atoms with Crippen molar-refractivity contribution in [3.05, 3.63) is 65.4 Å². The lowest BCUT2D eigenvalue weighted by Crippen LogP contribution is -2.54. The molecule has 0 saturated carbocycles. The number of nitrogens with zero attached hydrogens (tertiary/aromatic N) is 5. The molecule has 2 saturated heterocycles. The number of aromatic nitrogens is 3. The van der Waals surface area contributed by atoms with E-state index in [4.69, 9.17) is 19.6 Å². The fourth-order valence-corrected chi connectivity index (χ4v) is 6.69. The second kappa shape index (κ2) is 13.4. The minimum Gasteiger partial charge on any atom is -0.483 e. The highest BCUT2D eigenvalue weighted by atomic mass is 19.4. The van der Waals surface area contributed by atoms with E-state index in [1.165, 1.54) is 0 Å². The van der Waals surface area contributed by atoms with Crippen LogP contribution in [-0.4, -0.2) is 76.8 Å². The summed E-state index contributed by atoms with van der Waals surface area (Å²) in [6.45, 7) is 6.36. The van der Waals surface area contributed by atoms with Crippen LogP contribution < -0.4 is 15.0 Å². The molecule has 0 radical (unpaired) electrons. The molecule has 6 heterocycles. The van der Waals surface area contributed by atoms with Crippen LogP contribution in [0.3, 0.4) is 0 Å². The summed E-state index contributed by atoms with van der Waals surface area (Å²) in [5.41, 5.74) is 2.48. The number of halogens is 4. The van der Waals surface area contributed by atoms with E-state index in [1.807, 2.05) is 25.1 Å². The predicted molar refractivity (Wildman–Crippen MR) is 156 cm³/mol. The van der Waals surface area contributed by atoms with Gasteiger partial charge in [-0.25, -0.2) is 14.4 Å². The number of nitrogens with one attached hydrogen (secondary N) is 1. The van der Waals surface area contributed by atoms with Gasteiger partial charge in [0, 0.05) is 50.4 Å². The number of anilines is 1. The fourth-order valence-electron chi connectivity index (χ4n) is 6.69. The van der Waals surface area contributed by atoms with Crippen molar-refractivity contribution < 1.29 is 32.2 Å². The zero-order chi connectivity index (χ0) is 31.3. The highest BCUT2D eigenvalue weighted by molar-refractivity contribution is 5.65. The van der Waals surface area contributed by atoms with Crippen molar-refractivity contribution in [1.29, 1.82) is 0 Å². The molecule has 3 aliphatic rings. The summed E-state index contributed by atoms with van der Waals surface area (Å²) < 4.78 is 60.8. The summed E-state index contributed by atoms with van der Waals surface area (Å²) in [4.78, 5) is 25.9. The first kappa shape index (κ1) is 31.6. The minimum atomic E-state index is -4.69. The molecule has 3 aromatic heterocycles. The summed E-state index contributed by atoms with van der Waals surface area (Å²) in [5.74, 6) is -0.652. The quantitative estimate of drug-likeness (QED) is 0.296. The minimum absolute atomic E-state index is 0.203. The molecule has 1 atom stereocenters. The van der Waals surface area contributed by atoms with E-state index in [0.717, 1.165) is 61.2 Å². The maximum atomic E-state index is 13.8. The van der Waals surface area contributed by atoms with Crippen LogP contribution in [-0.2, 0) is 22.9 Å². The molecule has 0 amide bonds. The van der Waals surface area contributed by atoms with E-state index in [-0.39, 0.29) is 17.7 Å². The van der Waals surface area contributed by atoms with Gasteiger partial charge >= 0.3 is 6.18 Å². The van der Waals surface area contributed by atoms with Crippen molar-refractivity contribution in [3.8, 4) is 17.1 Å². The van der Waals surface area contributed by atoms with E-state index in [2.05, 4.69) is 26.3 Å². The molecule has 3 aliphatic heterocycles. The average molecular weight is 617 g/mol. The Bertz CT molecular complexity index is 1440. The highest BCUT2D eigenvalue weighted by Crippen LogP contribution is 2.44. The van der Waals surface area contributed by atoms with Crippen LogP contribution in [0, 0.1) is 5.82 Å². The summed E-state index contributed by atoms with van der Waals surface area (Å²) in [5, 5.41) is 10.5. The Hall–Kier alpha value is -3.84. The molecule has 2 fully saturated rings. The molecule has 0 bridgehead atoms. The number of piperidine rings is 1. The van der Waals surface area contributed by atoms with Crippen molar-refractivity contribution in [2.75, 3.05) is 44.2 Å². The first-order valence-corrected chi connectivity index (χ1v) is 14.8. The van der Waals surface area contributed by atoms with Crippen LogP contribution in [0.1, 0.15) is 49.4 Å². The Morgan fingerprint density at radius 3 is 2.66 bits per heavy atom. The molecule has 9 nitrogen and oxygen atoms in total. The molecule has 2 N–H and O–H groups in total. The van der Waals surface area contributed by atoms with Crippen molar-refractivity contribution in [1.82, 2.24) is 25.2 Å². The number of fused-ring (bicyclic) bond motifs is 2. The average Bonchev–Trinajstić information content (AvgIpc) is 3.51. The van der Waals surface area contributed by atoms with Gasteiger partial charge in [0.15, 0.2) is 0 Å². The lowest BCUT2D eigenvalue weighted by molar-refractivity contribution is -0.137. The van der Waals surface area contributed by atoms with Gasteiger partial charge in [-0.05, 0) is 69.0 Å². The third-order valence-corrected chi connectivity index (χ3v) is 8.57. The number of hydrogen-bond donors (Lipinski definition) is 2. The van der Waals surface area contributed by atoms with Gasteiger partial charge in [0.2, 0.25) is 5.88 Å². The molecular weight excluding hydrogens is 580 g/mol. The normalized spacial score (nSPS) is 19.7. The monoisotopic (exact) mass is 616 g/mol. The Kier molecular flexibility index (Phi) is 9.64. The van der Waals surface area contributed by atoms with Gasteiger partial charge in [-0.15, -0.1) is 0 Å². The first-order chi connectivity index (χ1) is 21.2. The SMILES string of the molecule is CCOc1ncccc1-c1ccc2c(n1)CN(C[C@H]1CCCN1)CC21CCN(c2ncc(F)cc2C(F)(F)F)CC1.O=CO. The Morgan fingerprint density at radius 2 is 1.98 bits per heavy atom. The lowest BCUT2D eigenvalue weighted by atomic mass is 9.69. The third kappa shape index (κ3) is 6.78. The van der Waals surface area contributed by atoms with E-state index >= 15 is 0 Å². The Labute approximate surface area is 253 Å². The van der Waals surface area contributed by atoms with Gasteiger partial charge in [-0.3, -0.25) is 14.7 Å². The van der Waals surface area contributed by atoms with Crippen LogP contribution >= 0.6 is 0 Å². The summed E-state index contributed by atoms with van der Waals surface area (Å²) in [6.07, 6.45) is 1.45. The van der Waals surface area contributed by atoms with Crippen molar-refractivity contribution >= 4 is 12.3 Å². The molecule has 0 aliphatic carbocycles. The van der Waals surface area contributed by atoms with E-state index in [9.17, 15) is 17.6 Å². The van der Waals surface area contributed by atoms with E-state index < -0.39 is 17.6 Å². The van der Waals surface area contributed by atoms with Gasteiger partial charge < -0.3 is 20.1 Å². The smallest absolute Gasteiger partial charge is 0.420 e. The van der Waals surface area contributed by atoms with Crippen LogP contribution in [0.2, 0.25) is 0 Å². The van der Waals surface area contributed by atoms with Gasteiger partial charge in [0.05, 0.1) is 29.8 Å². The molecule has 0 aromatic carbocycles. The molecule has 0 unspecified atom stereocenters. The number of rotatable bonds is 6. The van der Waals surface area contributed by atoms with E-state index in [0.29, 0.717) is 57.1 Å². The largest absolute Gasteiger partial charge is 0.483 e. The zero-order valence-electron chi connectivity index (χ0n) is 24.5. The standard InChI is InChI=1S/C30H34F4N6O.CH2O2/c1-2-41-28-22(6-4-12-36-28)25-8-7-23-26(38-25)18-39(17-21-5-3-11-35-21)19-29(23)9-13-40(14-10-29)27-24(30(32,33)34)15-20(31)16-37-27;2-1-3/h4,6-8,12,15-16,21,35H,2-3,5,9-11,13-14,17-19H2,1H3;1H,(H,2,3)/t21-;/m1./s1. The maximum absolute atomic E-state index is 13.8. The first-order valence-electron chi connectivity index (χ1n) is 14.8. The molecule has 13 heteroatoms. The van der Waals surface area contributed by atoms with Crippen molar-refractivity contribution in [2.24, 2.45) is 0 Å². The number of pyridine rings is 3. The Balaban J connectivity index is 0.00000123. The summed E-state index contributed by atoms with van der Waals surface area (Å²) in [6, 6.07) is 8.92. The van der Waals surface area contributed by atoms with Crippen molar-refractivity contribution in [3.63, 3.8) is 0 Å².